The van der Waals surface area contributed by atoms with E-state index in [1.807, 2.05) is 54.3 Å². The molecule has 2 amide bonds. The van der Waals surface area contributed by atoms with Crippen molar-refractivity contribution >= 4 is 34.8 Å². The number of amides is 2. The van der Waals surface area contributed by atoms with Crippen LogP contribution in [0.5, 0.6) is 0 Å². The first-order valence-corrected chi connectivity index (χ1v) is 9.38. The summed E-state index contributed by atoms with van der Waals surface area (Å²) < 4.78 is 0. The van der Waals surface area contributed by atoms with Gasteiger partial charge in [-0.25, -0.2) is 0 Å². The van der Waals surface area contributed by atoms with Crippen molar-refractivity contribution in [3.8, 4) is 0 Å². The van der Waals surface area contributed by atoms with Crippen molar-refractivity contribution in [2.45, 2.75) is 25.8 Å². The summed E-state index contributed by atoms with van der Waals surface area (Å²) in [4.78, 5) is 32.7. The van der Waals surface area contributed by atoms with Gasteiger partial charge in [0, 0.05) is 25.5 Å². The molecule has 2 heterocycles. The van der Waals surface area contributed by atoms with E-state index in [-0.39, 0.29) is 18.2 Å². The molecule has 1 aromatic heterocycles. The van der Waals surface area contributed by atoms with Crippen molar-refractivity contribution < 1.29 is 9.59 Å². The number of hydrogen-bond acceptors (Lipinski definition) is 4. The van der Waals surface area contributed by atoms with Crippen LogP contribution < -0.4 is 10.2 Å². The van der Waals surface area contributed by atoms with Crippen LogP contribution >= 0.6 is 12.2 Å². The number of carbonyl (C=O) groups excluding carboxylic acids is 2. The molecule has 7 heteroatoms. The molecule has 6 nitrogen and oxygen atoms in total. The summed E-state index contributed by atoms with van der Waals surface area (Å²) in [6.07, 6.45) is 4.29. The van der Waals surface area contributed by atoms with Crippen LogP contribution in [0.1, 0.15) is 18.9 Å². The highest BCUT2D eigenvalue weighted by atomic mass is 32.1. The summed E-state index contributed by atoms with van der Waals surface area (Å²) in [6.45, 7) is 2.95. The van der Waals surface area contributed by atoms with Gasteiger partial charge >= 0.3 is 0 Å². The lowest BCUT2D eigenvalue weighted by Crippen LogP contribution is -2.40. The molecular formula is C20H22N4O2S. The number of para-hydroxylation sites is 1. The number of aromatic nitrogens is 1. The van der Waals surface area contributed by atoms with Crippen molar-refractivity contribution in [1.82, 2.24) is 15.2 Å². The fourth-order valence-electron chi connectivity index (χ4n) is 3.15. The maximum atomic E-state index is 13.1. The van der Waals surface area contributed by atoms with Gasteiger partial charge in [-0.1, -0.05) is 18.2 Å². The Labute approximate surface area is 164 Å². The van der Waals surface area contributed by atoms with E-state index in [9.17, 15) is 9.59 Å². The fourth-order valence-corrected chi connectivity index (χ4v) is 3.56. The number of rotatable bonds is 7. The monoisotopic (exact) mass is 382 g/mol. The zero-order chi connectivity index (χ0) is 19.2. The van der Waals surface area contributed by atoms with Crippen LogP contribution in [-0.4, -0.2) is 45.9 Å². The van der Waals surface area contributed by atoms with Gasteiger partial charge in [0.1, 0.15) is 6.04 Å². The third-order valence-corrected chi connectivity index (χ3v) is 4.89. The van der Waals surface area contributed by atoms with Crippen molar-refractivity contribution in [1.29, 1.82) is 0 Å². The minimum atomic E-state index is -0.592. The minimum absolute atomic E-state index is 0.0898. The van der Waals surface area contributed by atoms with E-state index < -0.39 is 6.04 Å². The van der Waals surface area contributed by atoms with Gasteiger partial charge in [0.05, 0.1) is 12.1 Å². The summed E-state index contributed by atoms with van der Waals surface area (Å²) in [5.41, 5.74) is 1.83. The van der Waals surface area contributed by atoms with Gasteiger partial charge in [-0.2, -0.15) is 0 Å². The second-order valence-corrected chi connectivity index (χ2v) is 6.63. The lowest BCUT2D eigenvalue weighted by Gasteiger charge is -2.23. The topological polar surface area (TPSA) is 65.5 Å². The Balaban J connectivity index is 1.83. The van der Waals surface area contributed by atoms with E-state index >= 15 is 0 Å². The molecule has 1 atom stereocenters. The molecule has 0 aliphatic carbocycles. The van der Waals surface area contributed by atoms with Gasteiger partial charge in [-0.3, -0.25) is 19.5 Å². The first-order chi connectivity index (χ1) is 13.1. The maximum Gasteiger partial charge on any atom is 0.256 e. The number of pyridine rings is 1. The zero-order valence-corrected chi connectivity index (χ0v) is 16.0. The van der Waals surface area contributed by atoms with Crippen LogP contribution in [0.25, 0.3) is 0 Å². The Morgan fingerprint density at radius 1 is 1.19 bits per heavy atom. The Morgan fingerprint density at radius 3 is 2.56 bits per heavy atom. The van der Waals surface area contributed by atoms with Gasteiger partial charge in [0.2, 0.25) is 5.91 Å². The number of hydrogen-bond donors (Lipinski definition) is 1. The average molecular weight is 382 g/mol. The Hall–Kier alpha value is -2.80. The van der Waals surface area contributed by atoms with E-state index in [1.165, 1.54) is 4.90 Å². The Bertz CT molecular complexity index is 813. The molecule has 1 aromatic carbocycles. The first-order valence-electron chi connectivity index (χ1n) is 8.97. The molecule has 1 saturated heterocycles. The Kier molecular flexibility index (Phi) is 6.13. The summed E-state index contributed by atoms with van der Waals surface area (Å²) in [5.74, 6) is -0.311. The van der Waals surface area contributed by atoms with E-state index in [0.29, 0.717) is 24.6 Å². The third-order valence-electron chi connectivity index (χ3n) is 4.48. The second-order valence-electron chi connectivity index (χ2n) is 6.26. The second kappa shape index (κ2) is 8.73. The third kappa shape index (κ3) is 4.31. The predicted octanol–water partition coefficient (Wildman–Crippen LogP) is 2.15. The molecule has 0 radical (unpaired) electrons. The van der Waals surface area contributed by atoms with Gasteiger partial charge in [-0.05, 0) is 55.4 Å². The van der Waals surface area contributed by atoms with Crippen LogP contribution in [0.4, 0.5) is 5.69 Å². The van der Waals surface area contributed by atoms with Gasteiger partial charge in [0.15, 0.2) is 5.11 Å². The summed E-state index contributed by atoms with van der Waals surface area (Å²) in [7, 11) is 0. The highest BCUT2D eigenvalue weighted by Gasteiger charge is 2.43. The number of benzene rings is 1. The molecule has 1 aliphatic rings. The van der Waals surface area contributed by atoms with Crippen LogP contribution in [0.2, 0.25) is 0 Å². The van der Waals surface area contributed by atoms with Gasteiger partial charge < -0.3 is 10.2 Å². The molecule has 0 bridgehead atoms. The van der Waals surface area contributed by atoms with Crippen molar-refractivity contribution in [2.75, 3.05) is 18.0 Å². The van der Waals surface area contributed by atoms with Crippen molar-refractivity contribution in [3.63, 3.8) is 0 Å². The smallest absolute Gasteiger partial charge is 0.256 e. The van der Waals surface area contributed by atoms with E-state index in [2.05, 4.69) is 10.3 Å². The molecule has 140 valence electrons. The quantitative estimate of drug-likeness (QED) is 0.744. The lowest BCUT2D eigenvalue weighted by molar-refractivity contribution is -0.127. The highest BCUT2D eigenvalue weighted by molar-refractivity contribution is 7.80. The average Bonchev–Trinajstić information content (AvgIpc) is 2.91. The number of carbonyl (C=O) groups is 2. The number of anilines is 1. The normalized spacial score (nSPS) is 16.7. The first kappa shape index (κ1) is 19.0. The van der Waals surface area contributed by atoms with Crippen LogP contribution in [0, 0.1) is 0 Å². The van der Waals surface area contributed by atoms with Crippen molar-refractivity contribution in [3.05, 3.63) is 60.4 Å². The van der Waals surface area contributed by atoms with Crippen LogP contribution in [-0.2, 0) is 16.0 Å². The maximum absolute atomic E-state index is 13.1. The molecule has 1 aliphatic heterocycles. The van der Waals surface area contributed by atoms with Crippen LogP contribution in [0.3, 0.4) is 0 Å². The van der Waals surface area contributed by atoms with E-state index in [0.717, 1.165) is 11.3 Å². The zero-order valence-electron chi connectivity index (χ0n) is 15.2. The minimum Gasteiger partial charge on any atom is -0.356 e. The van der Waals surface area contributed by atoms with Crippen LogP contribution in [0.15, 0.2) is 54.9 Å². The standard InChI is InChI=1S/C20H22N4O2S/c1-2-22-18(25)14-17-19(26)24(16-6-4-3-5-7-16)20(27)23(17)13-10-15-8-11-21-12-9-15/h3-9,11-12,17H,2,10,13-14H2,1H3,(H,22,25). The molecule has 3 rings (SSSR count). The van der Waals surface area contributed by atoms with Gasteiger partial charge in [-0.15, -0.1) is 0 Å². The molecule has 1 unspecified atom stereocenters. The summed E-state index contributed by atoms with van der Waals surface area (Å²) >= 11 is 5.62. The fraction of sp³-hybridized carbons (Fsp3) is 0.300. The molecule has 1 fully saturated rings. The molecule has 0 saturated carbocycles. The lowest BCUT2D eigenvalue weighted by atomic mass is 10.1. The largest absolute Gasteiger partial charge is 0.356 e. The molecular weight excluding hydrogens is 360 g/mol. The number of thiocarbonyl (C=S) groups is 1. The Morgan fingerprint density at radius 2 is 1.89 bits per heavy atom. The molecule has 27 heavy (non-hydrogen) atoms. The highest BCUT2D eigenvalue weighted by Crippen LogP contribution is 2.27. The number of nitrogens with zero attached hydrogens (tertiary/aromatic N) is 3. The van der Waals surface area contributed by atoms with Gasteiger partial charge in [0.25, 0.3) is 5.91 Å². The summed E-state index contributed by atoms with van der Waals surface area (Å²) in [6, 6.07) is 12.6. The van der Waals surface area contributed by atoms with Crippen molar-refractivity contribution in [2.24, 2.45) is 0 Å². The van der Waals surface area contributed by atoms with E-state index in [1.54, 1.807) is 12.4 Å². The summed E-state index contributed by atoms with van der Waals surface area (Å²) in [5, 5.41) is 3.21. The number of nitrogens with one attached hydrogen (secondary N) is 1. The molecule has 2 aromatic rings. The SMILES string of the molecule is CCNC(=O)CC1C(=O)N(c2ccccc2)C(=S)N1CCc1ccncc1. The predicted molar refractivity (Wildman–Crippen MR) is 108 cm³/mol. The molecule has 1 N–H and O–H groups in total. The van der Waals surface area contributed by atoms with E-state index in [4.69, 9.17) is 12.2 Å². The molecule has 0 spiro atoms.